The number of aromatic nitrogens is 3. The topological polar surface area (TPSA) is 137 Å². The molecule has 0 saturated carbocycles. The van der Waals surface area contributed by atoms with Crippen molar-refractivity contribution >= 4 is 11.6 Å². The molecule has 5 aromatic rings. The number of nitrogens with two attached hydrogens (primary N) is 1. The second-order valence-corrected chi connectivity index (χ2v) is 14.2. The number of carbonyl (C=O) groups is 1. The molecule has 294 valence electrons. The van der Waals surface area contributed by atoms with E-state index < -0.39 is 0 Å². The first kappa shape index (κ1) is 40.2. The fourth-order valence-corrected chi connectivity index (χ4v) is 6.52. The number of halogens is 1. The van der Waals surface area contributed by atoms with Crippen LogP contribution in [0.2, 0.25) is 0 Å². The number of hydrogen-bond donors (Lipinski definition) is 1. The Balaban J connectivity index is 0.000000198. The van der Waals surface area contributed by atoms with Crippen LogP contribution in [-0.4, -0.2) is 73.2 Å². The Morgan fingerprint density at radius 2 is 1.71 bits per heavy atom. The summed E-state index contributed by atoms with van der Waals surface area (Å²) in [5.74, 6) is 1.62. The van der Waals surface area contributed by atoms with Crippen molar-refractivity contribution in [3.63, 3.8) is 0 Å². The lowest BCUT2D eigenvalue weighted by atomic mass is 9.98. The Bertz CT molecular complexity index is 2180. The highest BCUT2D eigenvalue weighted by molar-refractivity contribution is 5.98. The van der Waals surface area contributed by atoms with Crippen LogP contribution in [-0.2, 0) is 27.2 Å². The van der Waals surface area contributed by atoms with Gasteiger partial charge in [0.05, 0.1) is 43.8 Å². The van der Waals surface area contributed by atoms with Crippen molar-refractivity contribution in [1.29, 1.82) is 0 Å². The van der Waals surface area contributed by atoms with E-state index in [1.54, 1.807) is 57.0 Å². The molecule has 1 unspecified atom stereocenters. The summed E-state index contributed by atoms with van der Waals surface area (Å²) in [6.07, 6.45) is 8.69. The third kappa shape index (κ3) is 10.4. The monoisotopic (exact) mass is 764 g/mol. The van der Waals surface area contributed by atoms with Crippen LogP contribution >= 0.6 is 0 Å². The predicted molar refractivity (Wildman–Crippen MR) is 213 cm³/mol. The van der Waals surface area contributed by atoms with Crippen molar-refractivity contribution < 1.29 is 32.9 Å². The number of benzene rings is 2. The highest BCUT2D eigenvalue weighted by atomic mass is 19.1. The van der Waals surface area contributed by atoms with Gasteiger partial charge in [0.25, 0.3) is 0 Å². The maximum absolute atomic E-state index is 14.0. The van der Waals surface area contributed by atoms with E-state index in [9.17, 15) is 14.0 Å². The van der Waals surface area contributed by atoms with Gasteiger partial charge in [-0.1, -0.05) is 24.3 Å². The van der Waals surface area contributed by atoms with Gasteiger partial charge in [-0.2, -0.15) is 0 Å². The minimum Gasteiger partial charge on any atom is -0.493 e. The number of methoxy groups -OCH3 is 1. The molecular formula is C44H49FN4O7. The lowest BCUT2D eigenvalue weighted by Crippen LogP contribution is -2.33. The Hall–Kier alpha value is -5.43. The van der Waals surface area contributed by atoms with E-state index in [0.717, 1.165) is 48.3 Å². The summed E-state index contributed by atoms with van der Waals surface area (Å²) in [6, 6.07) is 16.2. The first-order valence-electron chi connectivity index (χ1n) is 18.8. The van der Waals surface area contributed by atoms with Crippen molar-refractivity contribution in [2.24, 2.45) is 5.92 Å². The van der Waals surface area contributed by atoms with Crippen LogP contribution in [0, 0.1) is 32.5 Å². The lowest BCUT2D eigenvalue weighted by molar-refractivity contribution is -0.101. The van der Waals surface area contributed by atoms with Gasteiger partial charge in [0, 0.05) is 56.5 Å². The van der Waals surface area contributed by atoms with Crippen LogP contribution in [0.5, 0.6) is 11.5 Å². The molecule has 0 bridgehead atoms. The number of nitrogens with zero attached hydrogens (tertiary/aromatic N) is 3. The van der Waals surface area contributed by atoms with Gasteiger partial charge in [0.2, 0.25) is 5.43 Å². The van der Waals surface area contributed by atoms with Crippen LogP contribution < -0.4 is 20.6 Å². The summed E-state index contributed by atoms with van der Waals surface area (Å²) in [5.41, 5.74) is 11.5. The maximum atomic E-state index is 14.0. The molecule has 0 amide bonds. The second kappa shape index (κ2) is 18.9. The fourth-order valence-electron chi connectivity index (χ4n) is 6.52. The van der Waals surface area contributed by atoms with Gasteiger partial charge in [-0.3, -0.25) is 14.6 Å². The van der Waals surface area contributed by atoms with Crippen LogP contribution in [0.25, 0.3) is 22.4 Å². The Labute approximate surface area is 326 Å². The minimum absolute atomic E-state index is 0.0332. The van der Waals surface area contributed by atoms with E-state index in [1.165, 1.54) is 6.07 Å². The van der Waals surface area contributed by atoms with E-state index in [1.807, 2.05) is 48.7 Å². The number of Topliss-reactive ketones (excluding diaryl/α,β-unsaturated/α-hetero) is 1. The predicted octanol–water partition coefficient (Wildman–Crippen LogP) is 6.96. The molecule has 2 N–H and O–H groups in total. The average molecular weight is 765 g/mol. The molecule has 12 heteroatoms. The number of nitrogen functional groups attached to an aromatic ring is 1. The molecule has 2 aromatic carbocycles. The van der Waals surface area contributed by atoms with Crippen molar-refractivity contribution in [3.8, 4) is 33.9 Å². The molecule has 11 nitrogen and oxygen atoms in total. The smallest absolute Gasteiger partial charge is 0.201 e. The van der Waals surface area contributed by atoms with Gasteiger partial charge >= 0.3 is 0 Å². The van der Waals surface area contributed by atoms with Crippen molar-refractivity contribution in [2.45, 2.75) is 52.7 Å². The van der Waals surface area contributed by atoms with Gasteiger partial charge < -0.3 is 34.0 Å². The van der Waals surface area contributed by atoms with E-state index in [0.29, 0.717) is 78.6 Å². The van der Waals surface area contributed by atoms with Crippen molar-refractivity contribution in [2.75, 3.05) is 52.5 Å². The maximum Gasteiger partial charge on any atom is 0.201 e. The lowest BCUT2D eigenvalue weighted by Gasteiger charge is -2.23. The molecule has 1 atom stereocenters. The van der Waals surface area contributed by atoms with Crippen LogP contribution in [0.3, 0.4) is 0 Å². The number of hydrogen-bond acceptors (Lipinski definition) is 10. The quantitative estimate of drug-likeness (QED) is 0.141. The van der Waals surface area contributed by atoms with E-state index in [2.05, 4.69) is 9.97 Å². The third-order valence-corrected chi connectivity index (χ3v) is 9.90. The van der Waals surface area contributed by atoms with Gasteiger partial charge in [0.15, 0.2) is 17.3 Å². The zero-order valence-corrected chi connectivity index (χ0v) is 32.4. The summed E-state index contributed by atoms with van der Waals surface area (Å²) >= 11 is 0. The largest absolute Gasteiger partial charge is 0.493 e. The molecular weight excluding hydrogens is 716 g/mol. The average Bonchev–Trinajstić information content (AvgIpc) is 3.21. The zero-order chi connectivity index (χ0) is 39.6. The molecule has 0 spiro atoms. The zero-order valence-electron chi connectivity index (χ0n) is 32.4. The van der Waals surface area contributed by atoms with Crippen molar-refractivity contribution in [3.05, 3.63) is 123 Å². The molecule has 7 rings (SSSR count). The Morgan fingerprint density at radius 1 is 0.893 bits per heavy atom. The number of pyridine rings is 3. The minimum atomic E-state index is -0.357. The van der Waals surface area contributed by atoms with Crippen LogP contribution in [0.1, 0.15) is 45.5 Å². The highest BCUT2D eigenvalue weighted by Crippen LogP contribution is 2.33. The van der Waals surface area contributed by atoms with E-state index >= 15 is 0 Å². The molecule has 3 aromatic heterocycles. The molecule has 2 saturated heterocycles. The van der Waals surface area contributed by atoms with E-state index in [4.69, 9.17) is 29.4 Å². The molecule has 2 aliphatic rings. The summed E-state index contributed by atoms with van der Waals surface area (Å²) in [5, 5.41) is 0. The van der Waals surface area contributed by atoms with Crippen LogP contribution in [0.4, 0.5) is 10.2 Å². The third-order valence-electron chi connectivity index (χ3n) is 9.90. The molecule has 5 heterocycles. The van der Waals surface area contributed by atoms with Crippen molar-refractivity contribution in [1.82, 2.24) is 14.5 Å². The molecule has 56 heavy (non-hydrogen) atoms. The Morgan fingerprint density at radius 3 is 2.41 bits per heavy atom. The fraction of sp³-hybridized carbons (Fsp3) is 0.364. The first-order valence-corrected chi connectivity index (χ1v) is 18.8. The SMILES string of the molecule is COc1cc(-c2cnc(N)c(C)c2)ccc1OCC1COCCO1.Cc1ccc(-c2cn(CC3CCOCC3)cc(C(=O)Cc3ccc(C)c(F)c3)c2=O)nc1. The summed E-state index contributed by atoms with van der Waals surface area (Å²) < 4.78 is 43.6. The summed E-state index contributed by atoms with van der Waals surface area (Å²) in [4.78, 5) is 35.0. The van der Waals surface area contributed by atoms with Gasteiger partial charge in [0.1, 0.15) is 24.3 Å². The molecule has 2 aliphatic heterocycles. The molecule has 0 aliphatic carbocycles. The number of aryl methyl sites for hydroxylation is 3. The number of carbonyl (C=O) groups excluding carboxylic acids is 1. The Kier molecular flexibility index (Phi) is 13.6. The second-order valence-electron chi connectivity index (χ2n) is 14.2. The number of ether oxygens (including phenoxy) is 5. The number of anilines is 1. The normalized spacial score (nSPS) is 15.8. The van der Waals surface area contributed by atoms with Crippen LogP contribution in [0.15, 0.2) is 84.2 Å². The molecule has 0 radical (unpaired) electrons. The standard InChI is InChI=1S/C26H27FN2O3.C18H22N2O4/c1-17-3-6-24(28-13-17)21-15-29(14-19-7-9-32-10-8-19)16-22(26(21)31)25(30)12-20-5-4-18(2)23(27)11-20;1-12-7-14(9-20-18(12)19)13-3-4-16(17(8-13)21-2)24-11-15-10-22-5-6-23-15/h3-6,11,13,15-16,19H,7-10,12,14H2,1-2H3;3-4,7-9,15H,5-6,10-11H2,1-2H3,(H2,19,20). The van der Waals surface area contributed by atoms with E-state index in [-0.39, 0.29) is 35.1 Å². The van der Waals surface area contributed by atoms with Gasteiger partial charge in [-0.25, -0.2) is 9.37 Å². The van der Waals surface area contributed by atoms with Gasteiger partial charge in [-0.15, -0.1) is 0 Å². The number of ketones is 1. The highest BCUT2D eigenvalue weighted by Gasteiger charge is 2.21. The summed E-state index contributed by atoms with van der Waals surface area (Å²) in [7, 11) is 1.62. The molecule has 2 fully saturated rings. The summed E-state index contributed by atoms with van der Waals surface area (Å²) in [6.45, 7) is 9.92. The number of rotatable bonds is 11. The first-order chi connectivity index (χ1) is 27.1. The van der Waals surface area contributed by atoms with Gasteiger partial charge in [-0.05, 0) is 97.7 Å².